The minimum Gasteiger partial charge on any atom is -0.336 e. The van der Waals surface area contributed by atoms with Crippen LogP contribution in [0.5, 0.6) is 0 Å². The van der Waals surface area contributed by atoms with Crippen LogP contribution in [0.25, 0.3) is 0 Å². The number of hydrogen-bond donors (Lipinski definition) is 1. The molecular weight excluding hydrogens is 342 g/mol. The number of carbonyl (C=O) groups is 1. The van der Waals surface area contributed by atoms with Crippen molar-refractivity contribution in [2.45, 2.75) is 19.4 Å². The zero-order valence-electron chi connectivity index (χ0n) is 15.6. The Morgan fingerprint density at radius 1 is 1.15 bits per heavy atom. The van der Waals surface area contributed by atoms with E-state index >= 15 is 0 Å². The molecule has 0 radical (unpaired) electrons. The summed E-state index contributed by atoms with van der Waals surface area (Å²) in [5.74, 6) is 0.760. The Balaban J connectivity index is 1.28. The average molecular weight is 369 g/mol. The van der Waals surface area contributed by atoms with Crippen molar-refractivity contribution >= 4 is 5.91 Å². The van der Waals surface area contributed by atoms with E-state index in [1.165, 1.54) is 12.0 Å². The normalized spacial score (nSPS) is 20.9. The standard InChI is InChI=1S/C19H27N7O/c27-19(18-10-17(12-21-13-18)9-16-1-2-20-11-16)25-6-3-24(4-7-25)5-8-26-15-22-14-23-26/h10,12-16,20H,1-9,11H2. The second-order valence-corrected chi connectivity index (χ2v) is 7.44. The van der Waals surface area contributed by atoms with Gasteiger partial charge in [-0.3, -0.25) is 19.4 Å². The summed E-state index contributed by atoms with van der Waals surface area (Å²) in [5.41, 5.74) is 1.88. The Kier molecular flexibility index (Phi) is 5.74. The Morgan fingerprint density at radius 3 is 2.78 bits per heavy atom. The number of hydrogen-bond acceptors (Lipinski definition) is 6. The third-order valence-corrected chi connectivity index (χ3v) is 5.50. The third kappa shape index (κ3) is 4.70. The fourth-order valence-electron chi connectivity index (χ4n) is 3.89. The Morgan fingerprint density at radius 2 is 2.04 bits per heavy atom. The molecule has 8 nitrogen and oxygen atoms in total. The van der Waals surface area contributed by atoms with Crippen molar-refractivity contribution in [1.82, 2.24) is 34.9 Å². The summed E-state index contributed by atoms with van der Waals surface area (Å²) in [6.45, 7) is 7.21. The maximum absolute atomic E-state index is 12.9. The molecule has 1 unspecified atom stereocenters. The van der Waals surface area contributed by atoms with Crippen molar-refractivity contribution in [3.63, 3.8) is 0 Å². The van der Waals surface area contributed by atoms with Crippen LogP contribution < -0.4 is 5.32 Å². The van der Waals surface area contributed by atoms with Crippen LogP contribution in [-0.2, 0) is 13.0 Å². The van der Waals surface area contributed by atoms with E-state index in [1.54, 1.807) is 18.9 Å². The van der Waals surface area contributed by atoms with Crippen LogP contribution >= 0.6 is 0 Å². The summed E-state index contributed by atoms with van der Waals surface area (Å²) in [5, 5.41) is 7.53. The maximum atomic E-state index is 12.9. The van der Waals surface area contributed by atoms with Crippen LogP contribution in [0.4, 0.5) is 0 Å². The Labute approximate surface area is 159 Å². The third-order valence-electron chi connectivity index (χ3n) is 5.50. The summed E-state index contributed by atoms with van der Waals surface area (Å²) >= 11 is 0. The Bertz CT molecular complexity index is 734. The summed E-state index contributed by atoms with van der Waals surface area (Å²) in [7, 11) is 0. The molecule has 0 spiro atoms. The van der Waals surface area contributed by atoms with Gasteiger partial charge in [-0.25, -0.2) is 4.98 Å². The van der Waals surface area contributed by atoms with Gasteiger partial charge in [0, 0.05) is 45.1 Å². The number of amides is 1. The first-order valence-electron chi connectivity index (χ1n) is 9.76. The highest BCUT2D eigenvalue weighted by atomic mass is 16.2. The fraction of sp³-hybridized carbons (Fsp3) is 0.579. The van der Waals surface area contributed by atoms with Crippen molar-refractivity contribution in [3.8, 4) is 0 Å². The average Bonchev–Trinajstić information content (AvgIpc) is 3.41. The van der Waals surface area contributed by atoms with E-state index in [-0.39, 0.29) is 5.91 Å². The molecule has 1 N–H and O–H groups in total. The van der Waals surface area contributed by atoms with E-state index in [0.29, 0.717) is 5.92 Å². The lowest BCUT2D eigenvalue weighted by Crippen LogP contribution is -2.49. The molecule has 2 aromatic heterocycles. The van der Waals surface area contributed by atoms with Crippen LogP contribution in [0.15, 0.2) is 31.1 Å². The van der Waals surface area contributed by atoms with Crippen LogP contribution in [0.2, 0.25) is 0 Å². The van der Waals surface area contributed by atoms with E-state index in [0.717, 1.165) is 64.3 Å². The molecule has 0 saturated carbocycles. The molecule has 2 saturated heterocycles. The van der Waals surface area contributed by atoms with Gasteiger partial charge in [-0.05, 0) is 43.5 Å². The predicted octanol–water partition coefficient (Wildman–Crippen LogP) is 0.283. The highest BCUT2D eigenvalue weighted by Gasteiger charge is 2.23. The molecule has 2 aliphatic heterocycles. The minimum absolute atomic E-state index is 0.102. The topological polar surface area (TPSA) is 79.2 Å². The van der Waals surface area contributed by atoms with Crippen LogP contribution in [0.1, 0.15) is 22.3 Å². The Hall–Kier alpha value is -2.32. The zero-order valence-corrected chi connectivity index (χ0v) is 15.6. The summed E-state index contributed by atoms with van der Waals surface area (Å²) < 4.78 is 1.84. The van der Waals surface area contributed by atoms with Gasteiger partial charge in [-0.2, -0.15) is 5.10 Å². The molecule has 4 heterocycles. The SMILES string of the molecule is O=C(c1cncc(CC2CCNC2)c1)N1CCN(CCn2cncn2)CC1. The zero-order chi connectivity index (χ0) is 18.5. The van der Waals surface area contributed by atoms with Gasteiger partial charge in [0.15, 0.2) is 0 Å². The molecule has 144 valence electrons. The number of pyridine rings is 1. The van der Waals surface area contributed by atoms with Crippen LogP contribution in [0, 0.1) is 5.92 Å². The van der Waals surface area contributed by atoms with E-state index in [4.69, 9.17) is 0 Å². The first-order chi connectivity index (χ1) is 13.3. The summed E-state index contributed by atoms with van der Waals surface area (Å²) in [4.78, 5) is 25.5. The van der Waals surface area contributed by atoms with E-state index in [9.17, 15) is 4.79 Å². The predicted molar refractivity (Wildman–Crippen MR) is 101 cm³/mol. The van der Waals surface area contributed by atoms with Crippen LogP contribution in [0.3, 0.4) is 0 Å². The number of carbonyl (C=O) groups excluding carboxylic acids is 1. The number of nitrogens with zero attached hydrogens (tertiary/aromatic N) is 6. The largest absolute Gasteiger partial charge is 0.336 e. The first kappa shape index (κ1) is 18.1. The lowest BCUT2D eigenvalue weighted by Gasteiger charge is -2.34. The van der Waals surface area contributed by atoms with Crippen LogP contribution in [-0.4, -0.2) is 81.3 Å². The molecule has 2 fully saturated rings. The van der Waals surface area contributed by atoms with E-state index in [1.807, 2.05) is 21.8 Å². The second kappa shape index (κ2) is 8.58. The van der Waals surface area contributed by atoms with Gasteiger partial charge < -0.3 is 10.2 Å². The lowest BCUT2D eigenvalue weighted by atomic mass is 9.99. The molecule has 1 atom stereocenters. The molecule has 0 aromatic carbocycles. The maximum Gasteiger partial charge on any atom is 0.255 e. The molecule has 2 aliphatic rings. The van der Waals surface area contributed by atoms with Gasteiger partial charge in [-0.15, -0.1) is 0 Å². The molecule has 1 amide bonds. The second-order valence-electron chi connectivity index (χ2n) is 7.44. The van der Waals surface area contributed by atoms with E-state index in [2.05, 4.69) is 25.3 Å². The molecule has 0 bridgehead atoms. The van der Waals surface area contributed by atoms with E-state index < -0.39 is 0 Å². The van der Waals surface area contributed by atoms with Crippen molar-refractivity contribution in [3.05, 3.63) is 42.2 Å². The number of nitrogens with one attached hydrogen (secondary N) is 1. The van der Waals surface area contributed by atoms with Crippen molar-refractivity contribution in [1.29, 1.82) is 0 Å². The first-order valence-corrected chi connectivity index (χ1v) is 9.76. The van der Waals surface area contributed by atoms with Gasteiger partial charge in [0.25, 0.3) is 5.91 Å². The number of aromatic nitrogens is 4. The van der Waals surface area contributed by atoms with Gasteiger partial charge in [0.05, 0.1) is 12.1 Å². The monoisotopic (exact) mass is 369 g/mol. The fourth-order valence-corrected chi connectivity index (χ4v) is 3.89. The van der Waals surface area contributed by atoms with Crippen molar-refractivity contribution in [2.75, 3.05) is 45.8 Å². The molecule has 4 rings (SSSR count). The van der Waals surface area contributed by atoms with Crippen molar-refractivity contribution < 1.29 is 4.79 Å². The lowest BCUT2D eigenvalue weighted by molar-refractivity contribution is 0.0631. The minimum atomic E-state index is 0.102. The van der Waals surface area contributed by atoms with Gasteiger partial charge in [-0.1, -0.05) is 0 Å². The smallest absolute Gasteiger partial charge is 0.255 e. The molecule has 8 heteroatoms. The molecule has 0 aliphatic carbocycles. The van der Waals surface area contributed by atoms with Gasteiger partial charge >= 0.3 is 0 Å². The van der Waals surface area contributed by atoms with Gasteiger partial charge in [0.2, 0.25) is 0 Å². The quantitative estimate of drug-likeness (QED) is 0.788. The molecule has 27 heavy (non-hydrogen) atoms. The molecular formula is C19H27N7O. The van der Waals surface area contributed by atoms with Crippen molar-refractivity contribution in [2.24, 2.45) is 5.92 Å². The molecule has 2 aromatic rings. The number of rotatable bonds is 6. The van der Waals surface area contributed by atoms with Gasteiger partial charge in [0.1, 0.15) is 12.7 Å². The summed E-state index contributed by atoms with van der Waals surface area (Å²) in [6, 6.07) is 2.03. The highest BCUT2D eigenvalue weighted by molar-refractivity contribution is 5.94. The number of piperazine rings is 1. The summed E-state index contributed by atoms with van der Waals surface area (Å²) in [6.07, 6.45) is 9.10. The highest BCUT2D eigenvalue weighted by Crippen LogP contribution is 2.16.